The summed E-state index contributed by atoms with van der Waals surface area (Å²) in [6.45, 7) is 1.58. The lowest BCUT2D eigenvalue weighted by Crippen LogP contribution is -2.13. The summed E-state index contributed by atoms with van der Waals surface area (Å²) in [5.41, 5.74) is 7.22. The van der Waals surface area contributed by atoms with Crippen molar-refractivity contribution in [1.29, 1.82) is 0 Å². The van der Waals surface area contributed by atoms with E-state index in [0.29, 0.717) is 5.56 Å². The van der Waals surface area contributed by atoms with Crippen LogP contribution in [-0.2, 0) is 0 Å². The van der Waals surface area contributed by atoms with Crippen molar-refractivity contribution in [3.8, 4) is 11.6 Å². The Hall–Kier alpha value is -3.61. The van der Waals surface area contributed by atoms with Crippen LogP contribution in [0.3, 0.4) is 0 Å². The molecule has 0 aliphatic rings. The minimum atomic E-state index is -1.16. The van der Waals surface area contributed by atoms with E-state index in [-0.39, 0.29) is 22.7 Å². The lowest BCUT2D eigenvalue weighted by Gasteiger charge is -2.08. The van der Waals surface area contributed by atoms with Gasteiger partial charge in [-0.2, -0.15) is 0 Å². The van der Waals surface area contributed by atoms with E-state index in [9.17, 15) is 14.7 Å². The highest BCUT2D eigenvalue weighted by atomic mass is 16.5. The molecule has 0 spiro atoms. The van der Waals surface area contributed by atoms with Crippen LogP contribution in [0, 0.1) is 6.92 Å². The van der Waals surface area contributed by atoms with Crippen molar-refractivity contribution in [3.05, 3.63) is 71.4 Å². The maximum Gasteiger partial charge on any atom is 0.345 e. The van der Waals surface area contributed by atoms with E-state index in [0.717, 1.165) is 5.69 Å². The highest BCUT2D eigenvalue weighted by Gasteiger charge is 2.17. The number of rotatable bonds is 4. The van der Waals surface area contributed by atoms with Crippen molar-refractivity contribution in [2.24, 2.45) is 0 Å². The van der Waals surface area contributed by atoms with E-state index in [4.69, 9.17) is 10.5 Å². The van der Waals surface area contributed by atoms with Crippen molar-refractivity contribution in [1.82, 2.24) is 9.78 Å². The molecule has 1 aromatic heterocycles. The Morgan fingerprint density at radius 2 is 1.88 bits per heavy atom. The number of benzene rings is 2. The fraction of sp³-hybridized carbons (Fsp3) is 0.0556. The highest BCUT2D eigenvalue weighted by molar-refractivity contribution is 5.98. The first kappa shape index (κ1) is 16.3. The smallest absolute Gasteiger partial charge is 0.345 e. The molecule has 0 saturated heterocycles. The predicted molar refractivity (Wildman–Crippen MR) is 91.1 cm³/mol. The van der Waals surface area contributed by atoms with Crippen molar-refractivity contribution in [2.45, 2.75) is 6.92 Å². The normalized spacial score (nSPS) is 10.4. The van der Waals surface area contributed by atoms with Crippen LogP contribution in [-0.4, -0.2) is 26.8 Å². The molecule has 0 bridgehead atoms. The minimum Gasteiger partial charge on any atom is -0.478 e. The molecule has 1 heterocycles. The number of carboxylic acid groups (broad SMARTS) is 1. The molecule has 0 amide bonds. The zero-order chi connectivity index (χ0) is 18.0. The monoisotopic (exact) mass is 337 g/mol. The molecule has 0 fully saturated rings. The number of carboxylic acids is 1. The van der Waals surface area contributed by atoms with Gasteiger partial charge in [0, 0.05) is 18.0 Å². The second-order valence-corrected chi connectivity index (χ2v) is 5.37. The van der Waals surface area contributed by atoms with Crippen LogP contribution in [0.1, 0.15) is 26.3 Å². The van der Waals surface area contributed by atoms with E-state index >= 15 is 0 Å². The Bertz CT molecular complexity index is 948. The summed E-state index contributed by atoms with van der Waals surface area (Å²) >= 11 is 0. The van der Waals surface area contributed by atoms with E-state index < -0.39 is 11.9 Å². The summed E-state index contributed by atoms with van der Waals surface area (Å²) in [5, 5.41) is 13.4. The SMILES string of the molecule is Cc1c(N)cc(C(=O)Oc2ccn(-c3ccccc3)n2)cc1C(=O)O. The number of aromatic carboxylic acids is 1. The highest BCUT2D eigenvalue weighted by Crippen LogP contribution is 2.21. The van der Waals surface area contributed by atoms with Gasteiger partial charge < -0.3 is 15.6 Å². The van der Waals surface area contributed by atoms with Crippen LogP contribution >= 0.6 is 0 Å². The second kappa shape index (κ2) is 6.48. The third-order valence-electron chi connectivity index (χ3n) is 3.70. The standard InChI is InChI=1S/C18H15N3O4/c1-11-14(17(22)23)9-12(10-15(11)19)18(24)25-16-7-8-21(20-16)13-5-3-2-4-6-13/h2-10H,19H2,1H3,(H,22,23). The number of aromatic nitrogens is 2. The van der Waals surface area contributed by atoms with E-state index in [2.05, 4.69) is 5.10 Å². The Labute approximate surface area is 143 Å². The van der Waals surface area contributed by atoms with Crippen molar-refractivity contribution in [2.75, 3.05) is 5.73 Å². The number of hydrogen-bond donors (Lipinski definition) is 2. The maximum atomic E-state index is 12.3. The number of nitrogen functional groups attached to an aromatic ring is 1. The van der Waals surface area contributed by atoms with Gasteiger partial charge in [-0.1, -0.05) is 18.2 Å². The third kappa shape index (κ3) is 3.35. The summed E-state index contributed by atoms with van der Waals surface area (Å²) in [7, 11) is 0. The predicted octanol–water partition coefficient (Wildman–Crippen LogP) is 2.68. The number of carbonyl (C=O) groups is 2. The zero-order valence-electron chi connectivity index (χ0n) is 13.3. The van der Waals surface area contributed by atoms with Crippen LogP contribution in [0.5, 0.6) is 5.88 Å². The summed E-state index contributed by atoms with van der Waals surface area (Å²) in [4.78, 5) is 23.5. The number of nitrogens with zero attached hydrogens (tertiary/aromatic N) is 2. The average molecular weight is 337 g/mol. The van der Waals surface area contributed by atoms with Crippen LogP contribution in [0.15, 0.2) is 54.7 Å². The molecule has 2 aromatic carbocycles. The van der Waals surface area contributed by atoms with Crippen molar-refractivity contribution in [3.63, 3.8) is 0 Å². The van der Waals surface area contributed by atoms with E-state index in [1.807, 2.05) is 30.3 Å². The molecule has 0 atom stereocenters. The molecule has 7 heteroatoms. The van der Waals surface area contributed by atoms with Crippen LogP contribution in [0.25, 0.3) is 5.69 Å². The lowest BCUT2D eigenvalue weighted by atomic mass is 10.0. The fourth-order valence-corrected chi connectivity index (χ4v) is 2.32. The number of anilines is 1. The van der Waals surface area contributed by atoms with E-state index in [1.165, 1.54) is 12.1 Å². The first-order valence-corrected chi connectivity index (χ1v) is 7.42. The van der Waals surface area contributed by atoms with Gasteiger partial charge in [-0.25, -0.2) is 14.3 Å². The van der Waals surface area contributed by atoms with Crippen LogP contribution in [0.2, 0.25) is 0 Å². The molecule has 3 aromatic rings. The van der Waals surface area contributed by atoms with Gasteiger partial charge >= 0.3 is 11.9 Å². The largest absolute Gasteiger partial charge is 0.478 e. The van der Waals surface area contributed by atoms with Crippen molar-refractivity contribution >= 4 is 17.6 Å². The van der Waals surface area contributed by atoms with Crippen molar-refractivity contribution < 1.29 is 19.4 Å². The summed E-state index contributed by atoms with van der Waals surface area (Å²) in [6.07, 6.45) is 1.66. The molecule has 0 radical (unpaired) electrons. The maximum absolute atomic E-state index is 12.3. The molecule has 0 saturated carbocycles. The lowest BCUT2D eigenvalue weighted by molar-refractivity contribution is 0.0696. The van der Waals surface area contributed by atoms with Gasteiger partial charge in [-0.05, 0) is 36.8 Å². The Kier molecular flexibility index (Phi) is 4.21. The van der Waals surface area contributed by atoms with Gasteiger partial charge in [-0.3, -0.25) is 0 Å². The third-order valence-corrected chi connectivity index (χ3v) is 3.70. The number of para-hydroxylation sites is 1. The number of esters is 1. The quantitative estimate of drug-likeness (QED) is 0.560. The first-order chi connectivity index (χ1) is 12.0. The molecule has 0 aliphatic heterocycles. The summed E-state index contributed by atoms with van der Waals surface area (Å²) < 4.78 is 6.78. The second-order valence-electron chi connectivity index (χ2n) is 5.37. The number of hydrogen-bond acceptors (Lipinski definition) is 5. The molecule has 0 unspecified atom stereocenters. The number of carbonyl (C=O) groups excluding carboxylic acids is 1. The van der Waals surface area contributed by atoms with Gasteiger partial charge in [-0.15, -0.1) is 5.10 Å². The first-order valence-electron chi connectivity index (χ1n) is 7.42. The van der Waals surface area contributed by atoms with Crippen LogP contribution < -0.4 is 10.5 Å². The van der Waals surface area contributed by atoms with Gasteiger partial charge in [0.1, 0.15) is 0 Å². The number of ether oxygens (including phenoxy) is 1. The van der Waals surface area contributed by atoms with Gasteiger partial charge in [0.05, 0.1) is 16.8 Å². The molecule has 126 valence electrons. The van der Waals surface area contributed by atoms with Gasteiger partial charge in [0.2, 0.25) is 5.88 Å². The fourth-order valence-electron chi connectivity index (χ4n) is 2.32. The number of nitrogens with two attached hydrogens (primary N) is 1. The molecule has 3 N–H and O–H groups in total. The Morgan fingerprint density at radius 1 is 1.16 bits per heavy atom. The van der Waals surface area contributed by atoms with Gasteiger partial charge in [0.25, 0.3) is 0 Å². The molecular formula is C18H15N3O4. The molecule has 7 nitrogen and oxygen atoms in total. The van der Waals surface area contributed by atoms with Gasteiger partial charge in [0.15, 0.2) is 0 Å². The Morgan fingerprint density at radius 3 is 2.56 bits per heavy atom. The average Bonchev–Trinajstić information content (AvgIpc) is 3.06. The summed E-state index contributed by atoms with van der Waals surface area (Å²) in [6, 6.07) is 13.5. The molecule has 25 heavy (non-hydrogen) atoms. The van der Waals surface area contributed by atoms with Crippen LogP contribution in [0.4, 0.5) is 5.69 Å². The molecular weight excluding hydrogens is 322 g/mol. The molecule has 3 rings (SSSR count). The van der Waals surface area contributed by atoms with E-state index in [1.54, 1.807) is 23.9 Å². The minimum absolute atomic E-state index is 0.0400. The molecule has 0 aliphatic carbocycles. The Balaban J connectivity index is 1.84. The zero-order valence-corrected chi connectivity index (χ0v) is 13.3. The topological polar surface area (TPSA) is 107 Å². The summed E-state index contributed by atoms with van der Waals surface area (Å²) in [5.74, 6) is -1.79.